The maximum atomic E-state index is 12.5. The zero-order valence-electron chi connectivity index (χ0n) is 16.7. The highest BCUT2D eigenvalue weighted by Gasteiger charge is 2.23. The standard InChI is InChI=1S/C21H21N5O3S2/c1-2-26-19(17-8-5-9-30-17)24-25-21(26)31-12-18(27)23-16(20(28)29)10-13-11-22-15-7-4-3-6-14(13)15/h3-9,11,16,22H,2,10,12H2,1H3,(H,23,27)(H,28,29)/t16-/m1/s1. The molecule has 1 amide bonds. The summed E-state index contributed by atoms with van der Waals surface area (Å²) in [6.45, 7) is 2.66. The van der Waals surface area contributed by atoms with Gasteiger partial charge in [0.2, 0.25) is 5.91 Å². The van der Waals surface area contributed by atoms with Gasteiger partial charge in [-0.2, -0.15) is 0 Å². The fourth-order valence-electron chi connectivity index (χ4n) is 3.36. The summed E-state index contributed by atoms with van der Waals surface area (Å²) in [5, 5.41) is 24.3. The summed E-state index contributed by atoms with van der Waals surface area (Å²) >= 11 is 2.82. The molecule has 1 aromatic carbocycles. The number of hydrogen-bond acceptors (Lipinski definition) is 6. The SMILES string of the molecule is CCn1c(SCC(=O)N[C@H](Cc2c[nH]c3ccccc23)C(=O)O)nnc1-c1cccs1. The van der Waals surface area contributed by atoms with Crippen molar-refractivity contribution in [3.63, 3.8) is 0 Å². The number of rotatable bonds is 9. The van der Waals surface area contributed by atoms with E-state index in [-0.39, 0.29) is 18.1 Å². The summed E-state index contributed by atoms with van der Waals surface area (Å²) in [5.41, 5.74) is 1.78. The van der Waals surface area contributed by atoms with Crippen LogP contribution in [0.2, 0.25) is 0 Å². The average molecular weight is 456 g/mol. The number of carboxylic acids is 1. The number of nitrogens with zero attached hydrogens (tertiary/aromatic N) is 3. The Balaban J connectivity index is 1.41. The molecule has 3 aromatic heterocycles. The van der Waals surface area contributed by atoms with Gasteiger partial charge in [-0.25, -0.2) is 4.79 Å². The third-order valence-corrected chi connectivity index (χ3v) is 6.67. The summed E-state index contributed by atoms with van der Waals surface area (Å²) in [6, 6.07) is 10.6. The first-order chi connectivity index (χ1) is 15.1. The molecular formula is C21H21N5O3S2. The molecule has 0 saturated carbocycles. The molecule has 0 aliphatic rings. The number of amides is 1. The van der Waals surface area contributed by atoms with Crippen LogP contribution in [0.1, 0.15) is 12.5 Å². The molecule has 3 heterocycles. The zero-order valence-corrected chi connectivity index (χ0v) is 18.4. The molecule has 160 valence electrons. The number of carbonyl (C=O) groups is 2. The van der Waals surface area contributed by atoms with E-state index in [9.17, 15) is 14.7 Å². The molecule has 10 heteroatoms. The van der Waals surface area contributed by atoms with Crippen LogP contribution in [0, 0.1) is 0 Å². The van der Waals surface area contributed by atoms with Gasteiger partial charge >= 0.3 is 5.97 Å². The lowest BCUT2D eigenvalue weighted by Crippen LogP contribution is -2.43. The topological polar surface area (TPSA) is 113 Å². The lowest BCUT2D eigenvalue weighted by Gasteiger charge is -2.14. The third kappa shape index (κ3) is 4.64. The Bertz CT molecular complexity index is 1200. The fourth-order valence-corrected chi connectivity index (χ4v) is 4.89. The number of aromatic nitrogens is 4. The Hall–Kier alpha value is -3.11. The van der Waals surface area contributed by atoms with E-state index < -0.39 is 12.0 Å². The van der Waals surface area contributed by atoms with Crippen LogP contribution in [0.3, 0.4) is 0 Å². The number of para-hydroxylation sites is 1. The number of carbonyl (C=O) groups excluding carboxylic acids is 1. The van der Waals surface area contributed by atoms with E-state index in [1.165, 1.54) is 11.8 Å². The van der Waals surface area contributed by atoms with Crippen LogP contribution >= 0.6 is 23.1 Å². The number of H-pyrrole nitrogens is 1. The van der Waals surface area contributed by atoms with Crippen molar-refractivity contribution < 1.29 is 14.7 Å². The molecule has 0 saturated heterocycles. The molecule has 8 nitrogen and oxygen atoms in total. The highest BCUT2D eigenvalue weighted by molar-refractivity contribution is 7.99. The van der Waals surface area contributed by atoms with Gasteiger partial charge < -0.3 is 20.0 Å². The van der Waals surface area contributed by atoms with Crippen molar-refractivity contribution in [1.82, 2.24) is 25.1 Å². The van der Waals surface area contributed by atoms with E-state index in [0.29, 0.717) is 11.7 Å². The van der Waals surface area contributed by atoms with Crippen LogP contribution in [-0.2, 0) is 22.6 Å². The van der Waals surface area contributed by atoms with E-state index in [1.54, 1.807) is 17.5 Å². The highest BCUT2D eigenvalue weighted by Crippen LogP contribution is 2.27. The van der Waals surface area contributed by atoms with E-state index in [4.69, 9.17) is 0 Å². The first kappa shape index (κ1) is 21.1. The van der Waals surface area contributed by atoms with Gasteiger partial charge in [-0.15, -0.1) is 21.5 Å². The Labute approximate surface area is 186 Å². The van der Waals surface area contributed by atoms with E-state index >= 15 is 0 Å². The Morgan fingerprint density at radius 3 is 2.84 bits per heavy atom. The second kappa shape index (κ2) is 9.36. The summed E-state index contributed by atoms with van der Waals surface area (Å²) < 4.78 is 1.95. The predicted octanol–water partition coefficient (Wildman–Crippen LogP) is 3.41. The lowest BCUT2D eigenvalue weighted by atomic mass is 10.1. The van der Waals surface area contributed by atoms with E-state index in [2.05, 4.69) is 20.5 Å². The summed E-state index contributed by atoms with van der Waals surface area (Å²) in [4.78, 5) is 28.4. The molecule has 0 fully saturated rings. The maximum Gasteiger partial charge on any atom is 0.326 e. The molecule has 4 aromatic rings. The molecule has 0 spiro atoms. The van der Waals surface area contributed by atoms with Crippen molar-refractivity contribution in [1.29, 1.82) is 0 Å². The van der Waals surface area contributed by atoms with Crippen molar-refractivity contribution in [3.8, 4) is 10.7 Å². The van der Waals surface area contributed by atoms with Crippen LogP contribution in [0.25, 0.3) is 21.6 Å². The van der Waals surface area contributed by atoms with Gasteiger partial charge in [0.15, 0.2) is 11.0 Å². The normalized spacial score (nSPS) is 12.2. The number of nitrogens with one attached hydrogen (secondary N) is 2. The minimum atomic E-state index is -1.07. The van der Waals surface area contributed by atoms with Gasteiger partial charge in [-0.1, -0.05) is 36.0 Å². The average Bonchev–Trinajstić information content (AvgIpc) is 3.51. The number of fused-ring (bicyclic) bond motifs is 1. The van der Waals surface area contributed by atoms with Crippen LogP contribution in [-0.4, -0.2) is 48.5 Å². The Kier molecular flexibility index (Phi) is 6.38. The van der Waals surface area contributed by atoms with E-state index in [0.717, 1.165) is 27.2 Å². The second-order valence-electron chi connectivity index (χ2n) is 6.84. The van der Waals surface area contributed by atoms with Gasteiger partial charge in [0.1, 0.15) is 6.04 Å². The largest absolute Gasteiger partial charge is 0.480 e. The molecule has 31 heavy (non-hydrogen) atoms. The Morgan fingerprint density at radius 1 is 1.26 bits per heavy atom. The number of thioether (sulfide) groups is 1. The molecule has 0 aliphatic carbocycles. The molecule has 4 rings (SSSR count). The number of benzene rings is 1. The Morgan fingerprint density at radius 2 is 2.10 bits per heavy atom. The maximum absolute atomic E-state index is 12.5. The van der Waals surface area contributed by atoms with Gasteiger partial charge in [-0.05, 0) is 30.0 Å². The smallest absolute Gasteiger partial charge is 0.326 e. The molecule has 0 unspecified atom stereocenters. The van der Waals surface area contributed by atoms with Crippen LogP contribution < -0.4 is 5.32 Å². The van der Waals surface area contributed by atoms with Crippen molar-refractivity contribution in [3.05, 3.63) is 53.5 Å². The minimum Gasteiger partial charge on any atom is -0.480 e. The van der Waals surface area contributed by atoms with Gasteiger partial charge in [0.25, 0.3) is 0 Å². The fraction of sp³-hybridized carbons (Fsp3) is 0.238. The number of carboxylic acid groups (broad SMARTS) is 1. The summed E-state index contributed by atoms with van der Waals surface area (Å²) in [6.07, 6.45) is 1.99. The van der Waals surface area contributed by atoms with Crippen molar-refractivity contribution >= 4 is 45.9 Å². The van der Waals surface area contributed by atoms with Crippen LogP contribution in [0.4, 0.5) is 0 Å². The minimum absolute atomic E-state index is 0.0558. The number of aromatic amines is 1. The van der Waals surface area contributed by atoms with Gasteiger partial charge in [0, 0.05) is 30.1 Å². The molecule has 1 atom stereocenters. The summed E-state index contributed by atoms with van der Waals surface area (Å²) in [7, 11) is 0. The molecule has 0 aliphatic heterocycles. The highest BCUT2D eigenvalue weighted by atomic mass is 32.2. The second-order valence-corrected chi connectivity index (χ2v) is 8.73. The van der Waals surface area contributed by atoms with Crippen molar-refractivity contribution in [2.45, 2.75) is 31.1 Å². The number of aliphatic carboxylic acids is 1. The van der Waals surface area contributed by atoms with Crippen molar-refractivity contribution in [2.24, 2.45) is 0 Å². The van der Waals surface area contributed by atoms with E-state index in [1.807, 2.05) is 53.3 Å². The monoisotopic (exact) mass is 455 g/mol. The number of hydrogen-bond donors (Lipinski definition) is 3. The number of thiophene rings is 1. The van der Waals surface area contributed by atoms with Crippen LogP contribution in [0.15, 0.2) is 53.1 Å². The molecule has 3 N–H and O–H groups in total. The first-order valence-electron chi connectivity index (χ1n) is 9.73. The van der Waals surface area contributed by atoms with Crippen LogP contribution in [0.5, 0.6) is 0 Å². The quantitative estimate of drug-likeness (QED) is 0.333. The van der Waals surface area contributed by atoms with Gasteiger partial charge in [-0.3, -0.25) is 4.79 Å². The summed E-state index contributed by atoms with van der Waals surface area (Å²) in [5.74, 6) is -0.607. The molecule has 0 bridgehead atoms. The first-order valence-corrected chi connectivity index (χ1v) is 11.6. The third-order valence-electron chi connectivity index (χ3n) is 4.84. The van der Waals surface area contributed by atoms with Gasteiger partial charge in [0.05, 0.1) is 10.6 Å². The predicted molar refractivity (Wildman–Crippen MR) is 121 cm³/mol. The van der Waals surface area contributed by atoms with Crippen molar-refractivity contribution in [2.75, 3.05) is 5.75 Å². The zero-order chi connectivity index (χ0) is 21.8. The lowest BCUT2D eigenvalue weighted by molar-refractivity contribution is -0.141. The molecular weight excluding hydrogens is 434 g/mol. The molecule has 0 radical (unpaired) electrons.